The zero-order chi connectivity index (χ0) is 30.7. The predicted octanol–water partition coefficient (Wildman–Crippen LogP) is 2.57. The molecule has 3 aromatic rings. The van der Waals surface area contributed by atoms with Crippen molar-refractivity contribution in [3.8, 4) is 23.0 Å². The number of phenols is 4. The van der Waals surface area contributed by atoms with E-state index < -0.39 is 64.2 Å². The quantitative estimate of drug-likeness (QED) is 0.196. The van der Waals surface area contributed by atoms with E-state index in [1.807, 2.05) is 18.7 Å². The molecule has 1 unspecified atom stereocenters. The van der Waals surface area contributed by atoms with Crippen molar-refractivity contribution in [2.24, 2.45) is 0 Å². The smallest absolute Gasteiger partial charge is 0.338 e. The number of benzene rings is 3. The molecule has 1 saturated heterocycles. The second-order valence-electron chi connectivity index (χ2n) is 9.73. The van der Waals surface area contributed by atoms with E-state index in [2.05, 4.69) is 10.1 Å². The van der Waals surface area contributed by atoms with Crippen LogP contribution in [0.15, 0.2) is 54.6 Å². The summed E-state index contributed by atoms with van der Waals surface area (Å²) < 4.78 is 10.4. The lowest BCUT2D eigenvalue weighted by Gasteiger charge is -2.25. The molecule has 1 amide bonds. The molecular formula is C30H30N2O10. The highest BCUT2D eigenvalue weighted by atomic mass is 16.5. The summed E-state index contributed by atoms with van der Waals surface area (Å²) in [7, 11) is 1.09. The average Bonchev–Trinajstić information content (AvgIpc) is 3.25. The molecule has 3 atom stereocenters. The van der Waals surface area contributed by atoms with Gasteiger partial charge in [-0.15, -0.1) is 0 Å². The van der Waals surface area contributed by atoms with Gasteiger partial charge in [-0.3, -0.25) is 14.5 Å². The number of esters is 2. The molecule has 3 aromatic carbocycles. The normalized spacial score (nSPS) is 18.3. The van der Waals surface area contributed by atoms with Gasteiger partial charge in [0.1, 0.15) is 34.7 Å². The van der Waals surface area contributed by atoms with Crippen molar-refractivity contribution >= 4 is 23.6 Å². The lowest BCUT2D eigenvalue weighted by Crippen LogP contribution is -2.48. The second-order valence-corrected chi connectivity index (χ2v) is 9.73. The summed E-state index contributed by atoms with van der Waals surface area (Å²) in [5.74, 6) is -5.53. The predicted molar refractivity (Wildman–Crippen MR) is 148 cm³/mol. The molecule has 0 aliphatic carbocycles. The van der Waals surface area contributed by atoms with Gasteiger partial charge in [0.25, 0.3) is 5.91 Å². The summed E-state index contributed by atoms with van der Waals surface area (Å²) in [4.78, 5) is 53.4. The summed E-state index contributed by atoms with van der Waals surface area (Å²) in [5, 5.41) is 44.0. The first kappa shape index (κ1) is 29.9. The van der Waals surface area contributed by atoms with Crippen LogP contribution in [-0.2, 0) is 9.47 Å². The summed E-state index contributed by atoms with van der Waals surface area (Å²) in [5.41, 5.74) is -1.42. The van der Waals surface area contributed by atoms with Crippen LogP contribution in [-0.4, -0.2) is 87.3 Å². The summed E-state index contributed by atoms with van der Waals surface area (Å²) in [6.07, 6.45) is -0.803. The number of carbonyl (C=O) groups is 4. The Balaban J connectivity index is 1.58. The van der Waals surface area contributed by atoms with Gasteiger partial charge in [0.15, 0.2) is 0 Å². The number of rotatable bonds is 8. The van der Waals surface area contributed by atoms with E-state index in [4.69, 9.17) is 4.74 Å². The largest absolute Gasteiger partial charge is 0.508 e. The van der Waals surface area contributed by atoms with Crippen molar-refractivity contribution in [3.05, 3.63) is 82.4 Å². The number of amides is 1. The molecule has 42 heavy (non-hydrogen) atoms. The molecule has 12 heteroatoms. The van der Waals surface area contributed by atoms with Gasteiger partial charge >= 0.3 is 11.9 Å². The Morgan fingerprint density at radius 2 is 1.52 bits per heavy atom. The minimum atomic E-state index is -1.08. The zero-order valence-electron chi connectivity index (χ0n) is 23.0. The number of likely N-dealkylation sites (tertiary alicyclic amines) is 1. The van der Waals surface area contributed by atoms with Crippen molar-refractivity contribution in [2.45, 2.75) is 32.0 Å². The van der Waals surface area contributed by atoms with Gasteiger partial charge in [-0.05, 0) is 62.0 Å². The lowest BCUT2D eigenvalue weighted by atomic mass is 9.95. The first-order valence-electron chi connectivity index (χ1n) is 13.0. The Labute approximate surface area is 240 Å². The number of hydrogen-bond acceptors (Lipinski definition) is 11. The molecular weight excluding hydrogens is 548 g/mol. The second kappa shape index (κ2) is 12.2. The Bertz CT molecular complexity index is 1510. The van der Waals surface area contributed by atoms with Gasteiger partial charge < -0.3 is 35.2 Å². The van der Waals surface area contributed by atoms with Gasteiger partial charge in [0.05, 0.1) is 29.8 Å². The number of ether oxygens (including phenoxy) is 2. The number of aromatic hydroxyl groups is 4. The van der Waals surface area contributed by atoms with Crippen molar-refractivity contribution in [1.29, 1.82) is 0 Å². The highest BCUT2D eigenvalue weighted by Gasteiger charge is 2.42. The summed E-state index contributed by atoms with van der Waals surface area (Å²) in [6, 6.07) is 10.4. The fourth-order valence-electron chi connectivity index (χ4n) is 4.99. The monoisotopic (exact) mass is 578 g/mol. The van der Waals surface area contributed by atoms with E-state index in [0.717, 1.165) is 25.3 Å². The van der Waals surface area contributed by atoms with Crippen LogP contribution in [0.3, 0.4) is 0 Å². The van der Waals surface area contributed by atoms with E-state index in [1.54, 1.807) is 0 Å². The molecule has 12 nitrogen and oxygen atoms in total. The van der Waals surface area contributed by atoms with E-state index >= 15 is 0 Å². The molecule has 1 heterocycles. The Morgan fingerprint density at radius 1 is 0.881 bits per heavy atom. The third-order valence-electron chi connectivity index (χ3n) is 7.24. The molecule has 0 radical (unpaired) electrons. The summed E-state index contributed by atoms with van der Waals surface area (Å²) in [6.45, 7) is 4.70. The third kappa shape index (κ3) is 5.84. The molecule has 1 fully saturated rings. The molecule has 5 N–H and O–H groups in total. The SMILES string of the molecule is CCN1CC(OC(=O)c2cc(O)c(C(=O)c3c(O)cccc3C(=O)OC)c(O)c2)[C@H](NC(=O)c2ccc(O)cc2)[C@H]1C. The molecule has 0 spiro atoms. The fraction of sp³-hybridized carbons (Fsp3) is 0.267. The highest BCUT2D eigenvalue weighted by molar-refractivity contribution is 6.18. The van der Waals surface area contributed by atoms with E-state index in [-0.39, 0.29) is 22.9 Å². The first-order chi connectivity index (χ1) is 20.0. The number of nitrogens with one attached hydrogen (secondary N) is 1. The average molecular weight is 579 g/mol. The van der Waals surface area contributed by atoms with Gasteiger partial charge in [0, 0.05) is 18.2 Å². The van der Waals surface area contributed by atoms with E-state index in [9.17, 15) is 39.6 Å². The number of likely N-dealkylation sites (N-methyl/N-ethyl adjacent to an activating group) is 1. The van der Waals surface area contributed by atoms with Crippen molar-refractivity contribution in [2.75, 3.05) is 20.2 Å². The Hall–Kier alpha value is -5.10. The number of ketones is 1. The van der Waals surface area contributed by atoms with Gasteiger partial charge in [-0.25, -0.2) is 9.59 Å². The molecule has 1 aliphatic heterocycles. The first-order valence-corrected chi connectivity index (χ1v) is 13.0. The topological polar surface area (TPSA) is 183 Å². The van der Waals surface area contributed by atoms with Crippen LogP contribution in [0.25, 0.3) is 0 Å². The minimum Gasteiger partial charge on any atom is -0.508 e. The molecule has 0 saturated carbocycles. The standard InChI is InChI=1S/C30H30N2O10/c1-4-32-14-23(26(15(32)2)31-28(38)16-8-10-18(33)11-9-16)42-29(39)17-12-21(35)25(22(36)13-17)27(37)24-19(30(40)41-3)6-5-7-20(24)34/h5-13,15,23,26,33-36H,4,14H2,1-3H3,(H,31,38)/t15-,23?,26-/m1/s1. The third-order valence-corrected chi connectivity index (χ3v) is 7.24. The van der Waals surface area contributed by atoms with Gasteiger partial charge in [0.2, 0.25) is 5.78 Å². The van der Waals surface area contributed by atoms with Crippen LogP contribution in [0, 0.1) is 0 Å². The molecule has 1 aliphatic rings. The number of hydrogen-bond donors (Lipinski definition) is 5. The van der Waals surface area contributed by atoms with Crippen molar-refractivity contribution in [3.63, 3.8) is 0 Å². The van der Waals surface area contributed by atoms with Crippen molar-refractivity contribution < 1.29 is 49.1 Å². The van der Waals surface area contributed by atoms with Crippen LogP contribution >= 0.6 is 0 Å². The van der Waals surface area contributed by atoms with Gasteiger partial charge in [-0.1, -0.05) is 13.0 Å². The van der Waals surface area contributed by atoms with Gasteiger partial charge in [-0.2, -0.15) is 0 Å². The van der Waals surface area contributed by atoms with Crippen molar-refractivity contribution in [1.82, 2.24) is 10.2 Å². The number of nitrogens with zero attached hydrogens (tertiary/aromatic N) is 1. The maximum absolute atomic E-state index is 13.2. The number of phenolic OH excluding ortho intramolecular Hbond substituents is 4. The van der Waals surface area contributed by atoms with E-state index in [0.29, 0.717) is 18.7 Å². The Kier molecular flexibility index (Phi) is 8.67. The summed E-state index contributed by atoms with van der Waals surface area (Å²) >= 11 is 0. The van der Waals surface area contributed by atoms with Crippen LogP contribution in [0.1, 0.15) is 60.8 Å². The molecule has 0 bridgehead atoms. The Morgan fingerprint density at radius 3 is 2.12 bits per heavy atom. The van der Waals surface area contributed by atoms with Crippen LogP contribution in [0.2, 0.25) is 0 Å². The lowest BCUT2D eigenvalue weighted by molar-refractivity contribution is 0.0263. The fourth-order valence-corrected chi connectivity index (χ4v) is 4.99. The zero-order valence-corrected chi connectivity index (χ0v) is 23.0. The maximum Gasteiger partial charge on any atom is 0.338 e. The molecule has 220 valence electrons. The number of carbonyl (C=O) groups excluding carboxylic acids is 4. The highest BCUT2D eigenvalue weighted by Crippen LogP contribution is 2.35. The maximum atomic E-state index is 13.2. The number of methoxy groups -OCH3 is 1. The molecule has 4 rings (SSSR count). The minimum absolute atomic E-state index is 0.00782. The van der Waals surface area contributed by atoms with E-state index in [1.165, 1.54) is 36.4 Å². The molecule has 0 aromatic heterocycles. The van der Waals surface area contributed by atoms with Crippen LogP contribution in [0.4, 0.5) is 0 Å². The van der Waals surface area contributed by atoms with Crippen LogP contribution in [0.5, 0.6) is 23.0 Å². The van der Waals surface area contributed by atoms with Crippen LogP contribution < -0.4 is 5.32 Å².